The molecule has 1 saturated heterocycles. The average molecular weight is 394 g/mol. The van der Waals surface area contributed by atoms with Crippen molar-refractivity contribution in [2.75, 3.05) is 23.9 Å². The highest BCUT2D eigenvalue weighted by Crippen LogP contribution is 2.33. The molecule has 2 amide bonds. The lowest BCUT2D eigenvalue weighted by Gasteiger charge is -2.19. The molecule has 0 bridgehead atoms. The molecule has 2 aromatic carbocycles. The predicted octanol–water partition coefficient (Wildman–Crippen LogP) is 1.99. The zero-order valence-electron chi connectivity index (χ0n) is 15.5. The van der Waals surface area contributed by atoms with Gasteiger partial charge in [-0.2, -0.15) is 5.21 Å². The number of para-hydroxylation sites is 2. The van der Waals surface area contributed by atoms with Gasteiger partial charge in [-0.05, 0) is 41.6 Å². The lowest BCUT2D eigenvalue weighted by atomic mass is 10.1. The minimum Gasteiger partial charge on any atom is -0.495 e. The SMILES string of the molecule is COc1ccccc1N1CC(C(=O)Nc2ccc(Oc3nn[nH]n3)cc2)CC1=O. The summed E-state index contributed by atoms with van der Waals surface area (Å²) in [5.74, 6) is 0.311. The average Bonchev–Trinajstić information content (AvgIpc) is 3.39. The molecule has 0 aliphatic carbocycles. The van der Waals surface area contributed by atoms with Crippen LogP contribution in [0, 0.1) is 5.92 Å². The molecule has 1 aliphatic rings. The first kappa shape index (κ1) is 18.4. The van der Waals surface area contributed by atoms with Crippen LogP contribution in [-0.2, 0) is 9.59 Å². The van der Waals surface area contributed by atoms with E-state index >= 15 is 0 Å². The van der Waals surface area contributed by atoms with Gasteiger partial charge in [0.05, 0.1) is 18.7 Å². The van der Waals surface area contributed by atoms with Gasteiger partial charge >= 0.3 is 6.01 Å². The van der Waals surface area contributed by atoms with Gasteiger partial charge in [-0.25, -0.2) is 0 Å². The maximum absolute atomic E-state index is 12.6. The normalized spacial score (nSPS) is 16.0. The third-order valence-electron chi connectivity index (χ3n) is 4.53. The summed E-state index contributed by atoms with van der Waals surface area (Å²) in [5, 5.41) is 15.9. The van der Waals surface area contributed by atoms with E-state index in [1.807, 2.05) is 12.1 Å². The molecule has 3 aromatic rings. The fourth-order valence-corrected chi connectivity index (χ4v) is 3.12. The number of rotatable bonds is 6. The smallest absolute Gasteiger partial charge is 0.361 e. The van der Waals surface area contributed by atoms with Crippen molar-refractivity contribution in [2.24, 2.45) is 5.92 Å². The van der Waals surface area contributed by atoms with E-state index in [4.69, 9.17) is 9.47 Å². The van der Waals surface area contributed by atoms with Crippen LogP contribution in [0.5, 0.6) is 17.5 Å². The molecule has 10 nitrogen and oxygen atoms in total. The van der Waals surface area contributed by atoms with E-state index < -0.39 is 5.92 Å². The monoisotopic (exact) mass is 394 g/mol. The van der Waals surface area contributed by atoms with Gasteiger partial charge in [0, 0.05) is 18.7 Å². The van der Waals surface area contributed by atoms with Gasteiger partial charge in [0.15, 0.2) is 0 Å². The number of hydrogen-bond donors (Lipinski definition) is 2. The molecule has 4 rings (SSSR count). The summed E-state index contributed by atoms with van der Waals surface area (Å²) in [7, 11) is 1.55. The Bertz CT molecular complexity index is 1010. The van der Waals surface area contributed by atoms with Crippen LogP contribution < -0.4 is 19.7 Å². The molecule has 1 aliphatic heterocycles. The molecule has 2 N–H and O–H groups in total. The Morgan fingerprint density at radius 2 is 2.00 bits per heavy atom. The van der Waals surface area contributed by atoms with E-state index in [9.17, 15) is 9.59 Å². The summed E-state index contributed by atoms with van der Waals surface area (Å²) in [4.78, 5) is 26.7. The first-order chi connectivity index (χ1) is 14.1. The number of nitrogens with zero attached hydrogens (tertiary/aromatic N) is 4. The van der Waals surface area contributed by atoms with E-state index in [2.05, 4.69) is 25.9 Å². The third kappa shape index (κ3) is 4.00. The number of aromatic amines is 1. The number of anilines is 2. The fraction of sp³-hybridized carbons (Fsp3) is 0.211. The molecule has 0 spiro atoms. The van der Waals surface area contributed by atoms with Crippen LogP contribution in [0.2, 0.25) is 0 Å². The highest BCUT2D eigenvalue weighted by atomic mass is 16.5. The number of carbonyl (C=O) groups excluding carboxylic acids is 2. The maximum Gasteiger partial charge on any atom is 0.361 e. The molecular formula is C19H18N6O4. The van der Waals surface area contributed by atoms with Crippen molar-refractivity contribution in [1.29, 1.82) is 0 Å². The van der Waals surface area contributed by atoms with Gasteiger partial charge < -0.3 is 19.7 Å². The second kappa shape index (κ2) is 7.97. The Morgan fingerprint density at radius 1 is 1.21 bits per heavy atom. The molecule has 1 aromatic heterocycles. The zero-order chi connectivity index (χ0) is 20.2. The van der Waals surface area contributed by atoms with Crippen LogP contribution in [0.3, 0.4) is 0 Å². The number of amides is 2. The quantitative estimate of drug-likeness (QED) is 0.655. The molecule has 0 saturated carbocycles. The molecule has 1 fully saturated rings. The minimum atomic E-state index is -0.456. The number of ether oxygens (including phenoxy) is 2. The highest BCUT2D eigenvalue weighted by molar-refractivity contribution is 6.04. The molecule has 10 heteroatoms. The Labute approximate surface area is 165 Å². The van der Waals surface area contributed by atoms with E-state index in [1.54, 1.807) is 48.4 Å². The molecule has 1 unspecified atom stereocenters. The number of methoxy groups -OCH3 is 1. The van der Waals surface area contributed by atoms with Crippen molar-refractivity contribution < 1.29 is 19.1 Å². The molecular weight excluding hydrogens is 376 g/mol. The molecule has 0 radical (unpaired) electrons. The Kier molecular flexibility index (Phi) is 5.06. The van der Waals surface area contributed by atoms with Crippen molar-refractivity contribution in [2.45, 2.75) is 6.42 Å². The van der Waals surface area contributed by atoms with Crippen LogP contribution in [0.25, 0.3) is 0 Å². The van der Waals surface area contributed by atoms with E-state index in [-0.39, 0.29) is 24.2 Å². The highest BCUT2D eigenvalue weighted by Gasteiger charge is 2.36. The number of tetrazole rings is 1. The third-order valence-corrected chi connectivity index (χ3v) is 4.53. The number of aromatic nitrogens is 4. The van der Waals surface area contributed by atoms with E-state index in [0.717, 1.165) is 0 Å². The number of H-pyrrole nitrogens is 1. The largest absolute Gasteiger partial charge is 0.495 e. The van der Waals surface area contributed by atoms with Crippen molar-refractivity contribution in [3.05, 3.63) is 48.5 Å². The molecule has 2 heterocycles. The second-order valence-corrected chi connectivity index (χ2v) is 6.39. The number of hydrogen-bond acceptors (Lipinski definition) is 7. The summed E-state index contributed by atoms with van der Waals surface area (Å²) in [6, 6.07) is 14.1. The first-order valence-electron chi connectivity index (χ1n) is 8.89. The van der Waals surface area contributed by atoms with Crippen LogP contribution in [0.1, 0.15) is 6.42 Å². The number of nitrogens with one attached hydrogen (secondary N) is 2. The Hall–Kier alpha value is -3.95. The number of benzene rings is 2. The van der Waals surface area contributed by atoms with Gasteiger partial charge in [0.1, 0.15) is 11.5 Å². The van der Waals surface area contributed by atoms with Crippen LogP contribution in [0.4, 0.5) is 11.4 Å². The lowest BCUT2D eigenvalue weighted by Crippen LogP contribution is -2.28. The van der Waals surface area contributed by atoms with Gasteiger partial charge in [-0.1, -0.05) is 22.3 Å². The predicted molar refractivity (Wildman–Crippen MR) is 103 cm³/mol. The van der Waals surface area contributed by atoms with Crippen molar-refractivity contribution in [3.8, 4) is 17.5 Å². The van der Waals surface area contributed by atoms with Crippen LogP contribution >= 0.6 is 0 Å². The van der Waals surface area contributed by atoms with Gasteiger partial charge in [0.25, 0.3) is 0 Å². The topological polar surface area (TPSA) is 122 Å². The Morgan fingerprint density at radius 3 is 2.72 bits per heavy atom. The van der Waals surface area contributed by atoms with Crippen molar-refractivity contribution >= 4 is 23.2 Å². The van der Waals surface area contributed by atoms with Gasteiger partial charge in [-0.3, -0.25) is 9.59 Å². The molecule has 29 heavy (non-hydrogen) atoms. The van der Waals surface area contributed by atoms with Gasteiger partial charge in [-0.15, -0.1) is 0 Å². The van der Waals surface area contributed by atoms with Crippen molar-refractivity contribution in [3.63, 3.8) is 0 Å². The summed E-state index contributed by atoms with van der Waals surface area (Å²) in [5.41, 5.74) is 1.26. The number of carbonyl (C=O) groups is 2. The van der Waals surface area contributed by atoms with E-state index in [1.165, 1.54) is 0 Å². The zero-order valence-corrected chi connectivity index (χ0v) is 15.5. The maximum atomic E-state index is 12.6. The second-order valence-electron chi connectivity index (χ2n) is 6.39. The standard InChI is InChI=1S/C19H18N6O4/c1-28-16-5-3-2-4-15(16)25-11-12(10-17(25)26)18(27)20-13-6-8-14(9-7-13)29-19-21-23-24-22-19/h2-9,12H,10-11H2,1H3,(H,20,27)(H,21,22,23,24). The van der Waals surface area contributed by atoms with E-state index in [0.29, 0.717) is 29.4 Å². The fourth-order valence-electron chi connectivity index (χ4n) is 3.12. The van der Waals surface area contributed by atoms with Crippen LogP contribution in [0.15, 0.2) is 48.5 Å². The summed E-state index contributed by atoms with van der Waals surface area (Å²) >= 11 is 0. The van der Waals surface area contributed by atoms with Crippen LogP contribution in [-0.4, -0.2) is 46.1 Å². The minimum absolute atomic E-state index is 0.0997. The lowest BCUT2D eigenvalue weighted by molar-refractivity contribution is -0.122. The summed E-state index contributed by atoms with van der Waals surface area (Å²) < 4.78 is 10.7. The van der Waals surface area contributed by atoms with Gasteiger partial charge in [0.2, 0.25) is 11.8 Å². The molecule has 1 atom stereocenters. The first-order valence-corrected chi connectivity index (χ1v) is 8.89. The summed E-state index contributed by atoms with van der Waals surface area (Å²) in [6.45, 7) is 0.296. The summed E-state index contributed by atoms with van der Waals surface area (Å²) in [6.07, 6.45) is 0.142. The van der Waals surface area contributed by atoms with Crippen molar-refractivity contribution in [1.82, 2.24) is 20.6 Å². The molecule has 148 valence electrons. The Balaban J connectivity index is 1.39.